The number of nitrogens with zero attached hydrogens (tertiary/aromatic N) is 4. The Morgan fingerprint density at radius 1 is 1.25 bits per heavy atom. The molecule has 208 valence electrons. The lowest BCUT2D eigenvalue weighted by Gasteiger charge is -2.37. The number of ether oxygens (including phenoxy) is 2. The van der Waals surface area contributed by atoms with Crippen LogP contribution in [0.5, 0.6) is 11.6 Å². The van der Waals surface area contributed by atoms with Gasteiger partial charge in [0.05, 0.1) is 37.9 Å². The van der Waals surface area contributed by atoms with E-state index in [2.05, 4.69) is 16.4 Å². The predicted molar refractivity (Wildman–Crippen MR) is 150 cm³/mol. The van der Waals surface area contributed by atoms with E-state index < -0.39 is 12.1 Å². The van der Waals surface area contributed by atoms with Crippen molar-refractivity contribution >= 4 is 17.6 Å². The Bertz CT molecular complexity index is 1390. The lowest BCUT2D eigenvalue weighted by atomic mass is 9.99. The number of aromatic nitrogens is 1. The molecule has 0 aliphatic carbocycles. The number of benzene rings is 2. The number of nitrogens with one attached hydrogen (secondary N) is 1. The number of nitriles is 1. The quantitative estimate of drug-likeness (QED) is 0.461. The second-order valence-corrected chi connectivity index (χ2v) is 9.93. The van der Waals surface area contributed by atoms with E-state index in [1.807, 2.05) is 6.92 Å². The molecule has 0 saturated carbocycles. The summed E-state index contributed by atoms with van der Waals surface area (Å²) in [5, 5.41) is 21.9. The van der Waals surface area contributed by atoms with E-state index in [-0.39, 0.29) is 42.5 Å². The van der Waals surface area contributed by atoms with Crippen LogP contribution < -0.4 is 14.8 Å². The smallest absolute Gasteiger partial charge is 0.321 e. The van der Waals surface area contributed by atoms with Crippen LogP contribution >= 0.6 is 0 Å². The number of hydrogen-bond donors (Lipinski definition) is 2. The highest BCUT2D eigenvalue weighted by atomic mass is 16.5. The van der Waals surface area contributed by atoms with E-state index in [1.165, 1.54) is 4.90 Å². The first kappa shape index (κ1) is 28.4. The molecule has 0 unspecified atom stereocenters. The number of fused-ring (bicyclic) bond motifs is 1. The average Bonchev–Trinajstić information content (AvgIpc) is 2.98. The van der Waals surface area contributed by atoms with Crippen LogP contribution in [0.2, 0.25) is 0 Å². The number of aliphatic hydroxyl groups is 1. The fourth-order valence-electron chi connectivity index (χ4n) is 4.46. The van der Waals surface area contributed by atoms with Crippen molar-refractivity contribution in [2.45, 2.75) is 26.0 Å². The Morgan fingerprint density at radius 3 is 2.58 bits per heavy atom. The molecule has 2 heterocycles. The largest absolute Gasteiger partial charge is 0.497 e. The van der Waals surface area contributed by atoms with Crippen LogP contribution in [0.15, 0.2) is 60.8 Å². The third kappa shape index (κ3) is 6.33. The Labute approximate surface area is 233 Å². The van der Waals surface area contributed by atoms with Gasteiger partial charge in [0, 0.05) is 37.0 Å². The number of urea groups is 1. The molecule has 1 aromatic heterocycles. The Hall–Kier alpha value is -4.62. The fourth-order valence-corrected chi connectivity index (χ4v) is 4.46. The maximum Gasteiger partial charge on any atom is 0.321 e. The molecule has 10 nitrogen and oxygen atoms in total. The van der Waals surface area contributed by atoms with Crippen molar-refractivity contribution in [3.8, 4) is 28.8 Å². The minimum atomic E-state index is -0.486. The molecule has 2 N–H and O–H groups in total. The van der Waals surface area contributed by atoms with Crippen molar-refractivity contribution in [1.29, 1.82) is 5.26 Å². The summed E-state index contributed by atoms with van der Waals surface area (Å²) in [6, 6.07) is 17.1. The molecule has 3 aromatic rings. The highest BCUT2D eigenvalue weighted by molar-refractivity contribution is 5.98. The van der Waals surface area contributed by atoms with E-state index in [4.69, 9.17) is 14.7 Å². The van der Waals surface area contributed by atoms with Gasteiger partial charge in [0.1, 0.15) is 17.4 Å². The molecule has 4 rings (SSSR count). The summed E-state index contributed by atoms with van der Waals surface area (Å²) in [5.74, 6) is 0.378. The summed E-state index contributed by atoms with van der Waals surface area (Å²) in [6.45, 7) is 4.08. The molecule has 2 aromatic carbocycles. The van der Waals surface area contributed by atoms with Gasteiger partial charge in [0.15, 0.2) is 0 Å². The molecule has 0 spiro atoms. The summed E-state index contributed by atoms with van der Waals surface area (Å²) in [6.07, 6.45) is 1.14. The molecule has 0 bridgehead atoms. The third-order valence-electron chi connectivity index (χ3n) is 7.01. The standard InChI is InChI=1S/C30H33N5O5/c1-19-16-35(20(2)18-36)29(37)26-13-23(22-7-5-21(14-31)6-8-22)15-32-28(26)40-27(19)17-34(3)30(38)33-24-9-11-25(39-4)12-10-24/h5-13,15,19-20,27,36H,16-18H2,1-4H3,(H,33,38)/t19-,20-,27-/m1/s1. The molecule has 0 radical (unpaired) electrons. The number of aliphatic hydroxyl groups excluding tert-OH is 1. The number of likely N-dealkylation sites (N-methyl/N-ethyl adjacent to an activating group) is 1. The topological polar surface area (TPSA) is 128 Å². The first-order valence-electron chi connectivity index (χ1n) is 13.0. The maximum absolute atomic E-state index is 13.7. The van der Waals surface area contributed by atoms with Crippen LogP contribution in [0, 0.1) is 17.2 Å². The second kappa shape index (κ2) is 12.5. The minimum absolute atomic E-state index is 0.165. The number of anilines is 1. The number of carbonyl (C=O) groups is 2. The summed E-state index contributed by atoms with van der Waals surface area (Å²) in [5.41, 5.74) is 2.91. The van der Waals surface area contributed by atoms with Crippen LogP contribution in [-0.2, 0) is 0 Å². The zero-order valence-corrected chi connectivity index (χ0v) is 23.0. The van der Waals surface area contributed by atoms with E-state index in [0.717, 1.165) is 5.56 Å². The SMILES string of the molecule is COc1ccc(NC(=O)N(C)C[C@H]2Oc3ncc(-c4ccc(C#N)cc4)cc3C(=O)N([C@H](C)CO)C[C@H]2C)cc1. The lowest BCUT2D eigenvalue weighted by Crippen LogP contribution is -2.50. The van der Waals surface area contributed by atoms with Crippen molar-refractivity contribution in [3.63, 3.8) is 0 Å². The fraction of sp³-hybridized carbons (Fsp3) is 0.333. The van der Waals surface area contributed by atoms with Gasteiger partial charge in [-0.2, -0.15) is 5.26 Å². The van der Waals surface area contributed by atoms with Crippen LogP contribution in [0.4, 0.5) is 10.5 Å². The number of rotatable bonds is 7. The normalized spacial score (nSPS) is 17.4. The summed E-state index contributed by atoms with van der Waals surface area (Å²) in [4.78, 5) is 34.3. The number of amides is 3. The molecule has 1 aliphatic heterocycles. The van der Waals surface area contributed by atoms with Crippen molar-refractivity contribution < 1.29 is 24.2 Å². The second-order valence-electron chi connectivity index (χ2n) is 9.93. The Morgan fingerprint density at radius 2 is 1.95 bits per heavy atom. The van der Waals surface area contributed by atoms with E-state index in [9.17, 15) is 14.7 Å². The Balaban J connectivity index is 1.60. The molecule has 10 heteroatoms. The van der Waals surface area contributed by atoms with Crippen molar-refractivity contribution in [1.82, 2.24) is 14.8 Å². The molecular weight excluding hydrogens is 510 g/mol. The van der Waals surface area contributed by atoms with Crippen LogP contribution in [0.25, 0.3) is 11.1 Å². The third-order valence-corrected chi connectivity index (χ3v) is 7.01. The van der Waals surface area contributed by atoms with Crippen molar-refractivity contribution in [3.05, 3.63) is 71.9 Å². The number of pyridine rings is 1. The molecule has 1 aliphatic rings. The van der Waals surface area contributed by atoms with Gasteiger partial charge < -0.3 is 29.7 Å². The first-order valence-corrected chi connectivity index (χ1v) is 13.0. The van der Waals surface area contributed by atoms with Crippen molar-refractivity contribution in [2.75, 3.05) is 39.2 Å². The molecule has 40 heavy (non-hydrogen) atoms. The van der Waals surface area contributed by atoms with Crippen LogP contribution in [0.1, 0.15) is 29.8 Å². The van der Waals surface area contributed by atoms with Gasteiger partial charge in [-0.3, -0.25) is 4.79 Å². The maximum atomic E-state index is 13.7. The van der Waals surface area contributed by atoms with Crippen LogP contribution in [-0.4, -0.2) is 77.8 Å². The number of hydrogen-bond acceptors (Lipinski definition) is 7. The van der Waals surface area contributed by atoms with Gasteiger partial charge in [0.2, 0.25) is 5.88 Å². The van der Waals surface area contributed by atoms with Gasteiger partial charge in [-0.1, -0.05) is 19.1 Å². The van der Waals surface area contributed by atoms with E-state index >= 15 is 0 Å². The molecule has 0 fully saturated rings. The highest BCUT2D eigenvalue weighted by Crippen LogP contribution is 2.30. The zero-order valence-electron chi connectivity index (χ0n) is 23.0. The van der Waals surface area contributed by atoms with E-state index in [1.54, 1.807) is 86.8 Å². The highest BCUT2D eigenvalue weighted by Gasteiger charge is 2.34. The predicted octanol–water partition coefficient (Wildman–Crippen LogP) is 4.01. The van der Waals surface area contributed by atoms with Gasteiger partial charge in [-0.15, -0.1) is 0 Å². The van der Waals surface area contributed by atoms with Gasteiger partial charge in [0.25, 0.3) is 5.91 Å². The van der Waals surface area contributed by atoms with Gasteiger partial charge in [-0.05, 0) is 55.0 Å². The van der Waals surface area contributed by atoms with Crippen molar-refractivity contribution in [2.24, 2.45) is 5.92 Å². The molecule has 3 atom stereocenters. The van der Waals surface area contributed by atoms with Gasteiger partial charge in [-0.25, -0.2) is 9.78 Å². The first-order chi connectivity index (χ1) is 19.2. The minimum Gasteiger partial charge on any atom is -0.497 e. The van der Waals surface area contributed by atoms with Gasteiger partial charge >= 0.3 is 6.03 Å². The van der Waals surface area contributed by atoms with Crippen LogP contribution in [0.3, 0.4) is 0 Å². The summed E-state index contributed by atoms with van der Waals surface area (Å²) in [7, 11) is 3.25. The Kier molecular flexibility index (Phi) is 8.86. The molecule has 0 saturated heterocycles. The molecule has 3 amide bonds. The number of methoxy groups -OCH3 is 1. The summed E-state index contributed by atoms with van der Waals surface area (Å²) < 4.78 is 11.5. The average molecular weight is 544 g/mol. The monoisotopic (exact) mass is 543 g/mol. The summed E-state index contributed by atoms with van der Waals surface area (Å²) >= 11 is 0. The molecular formula is C30H33N5O5. The zero-order chi connectivity index (χ0) is 28.8. The lowest BCUT2D eigenvalue weighted by molar-refractivity contribution is 0.0356. The van der Waals surface area contributed by atoms with E-state index in [0.29, 0.717) is 29.1 Å². The number of carbonyl (C=O) groups excluding carboxylic acids is 2.